The van der Waals surface area contributed by atoms with Crippen molar-refractivity contribution in [1.82, 2.24) is 18.3 Å². The lowest BCUT2D eigenvalue weighted by molar-refractivity contribution is 1.01. The van der Waals surface area contributed by atoms with Gasteiger partial charge in [-0.05, 0) is 66.7 Å². The number of aromatic nitrogens is 4. The quantitative estimate of drug-likeness (QED) is 0.165. The van der Waals surface area contributed by atoms with Crippen molar-refractivity contribution in [2.75, 3.05) is 0 Å². The van der Waals surface area contributed by atoms with E-state index in [9.17, 15) is 0 Å². The molecule has 4 heteroatoms. The highest BCUT2D eigenvalue weighted by atomic mass is 15.0. The molecule has 0 aliphatic rings. The van der Waals surface area contributed by atoms with Crippen LogP contribution in [0.25, 0.3) is 98.6 Å². The molecule has 12 aromatic rings. The first-order valence-corrected chi connectivity index (χ1v) is 26.6. The van der Waals surface area contributed by atoms with E-state index in [1.165, 1.54) is 98.6 Å². The maximum Gasteiger partial charge on any atom is 0.0541 e. The van der Waals surface area contributed by atoms with Crippen molar-refractivity contribution in [2.24, 2.45) is 14.1 Å². The van der Waals surface area contributed by atoms with Gasteiger partial charge in [0.1, 0.15) is 0 Å². The average Bonchev–Trinajstić information content (AvgIpc) is 4.17. The van der Waals surface area contributed by atoms with Gasteiger partial charge in [-0.3, -0.25) is 0 Å². The molecule has 0 aliphatic carbocycles. The largest absolute Gasteiger partial charge is 0.344 e. The molecule has 0 spiro atoms. The molecular formula is C66H84N4. The summed E-state index contributed by atoms with van der Waals surface area (Å²) in [7, 11) is 4.30. The molecule has 0 fully saturated rings. The van der Waals surface area contributed by atoms with Crippen LogP contribution in [0.15, 0.2) is 182 Å². The Balaban J connectivity index is 0.000000289. The number of para-hydroxylation sites is 6. The zero-order chi connectivity index (χ0) is 51.9. The second-order valence-corrected chi connectivity index (χ2v) is 14.3. The molecule has 8 aromatic carbocycles. The van der Waals surface area contributed by atoms with E-state index < -0.39 is 0 Å². The smallest absolute Gasteiger partial charge is 0.0541 e. The fourth-order valence-corrected chi connectivity index (χ4v) is 8.98. The molecule has 0 saturated carbocycles. The van der Waals surface area contributed by atoms with Crippen molar-refractivity contribution in [3.05, 3.63) is 182 Å². The Hall–Kier alpha value is -7.04. The van der Waals surface area contributed by atoms with Gasteiger partial charge in [0, 0.05) is 85.1 Å². The van der Waals surface area contributed by atoms with Crippen LogP contribution in [-0.2, 0) is 14.1 Å². The first kappa shape index (κ1) is 57.3. The molecule has 0 unspecified atom stereocenters. The number of benzene rings is 8. The summed E-state index contributed by atoms with van der Waals surface area (Å²) in [6, 6.07) is 65.5. The van der Waals surface area contributed by atoms with Gasteiger partial charge in [0.15, 0.2) is 0 Å². The highest BCUT2D eigenvalue weighted by Gasteiger charge is 2.16. The van der Waals surface area contributed by atoms with Crippen LogP contribution in [-0.4, -0.2) is 18.3 Å². The van der Waals surface area contributed by atoms with Gasteiger partial charge in [-0.15, -0.1) is 0 Å². The maximum absolute atomic E-state index is 2.38. The Labute approximate surface area is 421 Å². The Morgan fingerprint density at radius 2 is 0.429 bits per heavy atom. The highest BCUT2D eigenvalue weighted by molar-refractivity contribution is 6.13. The van der Waals surface area contributed by atoms with E-state index in [1.54, 1.807) is 0 Å². The number of aryl methyl sites for hydroxylation is 2. The Morgan fingerprint density at radius 3 is 0.786 bits per heavy atom. The van der Waals surface area contributed by atoms with Crippen molar-refractivity contribution in [2.45, 2.75) is 111 Å². The lowest BCUT2D eigenvalue weighted by atomic mass is 10.1. The third-order valence-electron chi connectivity index (χ3n) is 11.5. The van der Waals surface area contributed by atoms with E-state index >= 15 is 0 Å². The normalized spacial score (nSPS) is 9.86. The third kappa shape index (κ3) is 11.0. The molecule has 0 aliphatic heterocycles. The zero-order valence-electron chi connectivity index (χ0n) is 46.1. The molecule has 0 bridgehead atoms. The van der Waals surface area contributed by atoms with Crippen molar-refractivity contribution >= 4 is 87.2 Å². The summed E-state index contributed by atoms with van der Waals surface area (Å²) in [5.74, 6) is 0. The van der Waals surface area contributed by atoms with Gasteiger partial charge in [-0.25, -0.2) is 0 Å². The minimum absolute atomic E-state index is 1.20. The van der Waals surface area contributed by atoms with Crippen molar-refractivity contribution in [3.8, 4) is 11.4 Å². The molecule has 368 valence electrons. The Morgan fingerprint density at radius 1 is 0.200 bits per heavy atom. The van der Waals surface area contributed by atoms with Crippen LogP contribution in [0.4, 0.5) is 0 Å². The van der Waals surface area contributed by atoms with E-state index in [0.717, 1.165) is 0 Å². The molecule has 0 amide bonds. The summed E-state index contributed by atoms with van der Waals surface area (Å²) in [5, 5.41) is 10.4. The van der Waals surface area contributed by atoms with Gasteiger partial charge in [-0.1, -0.05) is 226 Å². The van der Waals surface area contributed by atoms with E-state index in [4.69, 9.17) is 0 Å². The lowest BCUT2D eigenvalue weighted by Crippen LogP contribution is -1.94. The highest BCUT2D eigenvalue weighted by Crippen LogP contribution is 2.37. The molecule has 70 heavy (non-hydrogen) atoms. The summed E-state index contributed by atoms with van der Waals surface area (Å²) in [4.78, 5) is 0. The molecule has 0 radical (unpaired) electrons. The minimum Gasteiger partial charge on any atom is -0.344 e. The van der Waals surface area contributed by atoms with Crippen molar-refractivity contribution in [3.63, 3.8) is 0 Å². The molecule has 12 rings (SSSR count). The first-order valence-electron chi connectivity index (χ1n) is 26.6. The van der Waals surface area contributed by atoms with Gasteiger partial charge in [-0.2, -0.15) is 0 Å². The van der Waals surface area contributed by atoms with Gasteiger partial charge in [0.05, 0.1) is 27.6 Å². The van der Waals surface area contributed by atoms with Crippen LogP contribution in [0.1, 0.15) is 111 Å². The van der Waals surface area contributed by atoms with Crippen LogP contribution < -0.4 is 0 Å². The summed E-state index contributed by atoms with van der Waals surface area (Å²) in [6.07, 6.45) is 0. The summed E-state index contributed by atoms with van der Waals surface area (Å²) < 4.78 is 9.33. The van der Waals surface area contributed by atoms with E-state index in [2.05, 4.69) is 214 Å². The van der Waals surface area contributed by atoms with Crippen molar-refractivity contribution in [1.29, 1.82) is 0 Å². The molecule has 0 atom stereocenters. The van der Waals surface area contributed by atoms with Crippen LogP contribution in [0, 0.1) is 0 Å². The number of nitrogens with zero attached hydrogens (tertiary/aromatic N) is 4. The van der Waals surface area contributed by atoms with E-state index in [0.29, 0.717) is 0 Å². The lowest BCUT2D eigenvalue weighted by Gasteiger charge is -2.09. The number of rotatable bonds is 2. The van der Waals surface area contributed by atoms with Crippen LogP contribution in [0.2, 0.25) is 0 Å². The molecule has 0 saturated heterocycles. The molecule has 4 heterocycles. The SMILES string of the molecule is CC.CC.CC.CC.CC.CC.CC.CC.Cn1c2ccccc2c2cc(-n3c4ccccc4c4ccccc43)ccc21.Cn1c2ccccc2c2ccc(-n3c4ccccc4c4ccccc43)cc21. The van der Waals surface area contributed by atoms with Gasteiger partial charge in [0.2, 0.25) is 0 Å². The van der Waals surface area contributed by atoms with E-state index in [-0.39, 0.29) is 0 Å². The first-order chi connectivity index (χ1) is 34.7. The van der Waals surface area contributed by atoms with Gasteiger partial charge in [0.25, 0.3) is 0 Å². The summed E-state index contributed by atoms with van der Waals surface area (Å²) >= 11 is 0. The van der Waals surface area contributed by atoms with Crippen LogP contribution in [0.5, 0.6) is 0 Å². The number of fused-ring (bicyclic) bond motifs is 12. The molecule has 0 N–H and O–H groups in total. The molecule has 4 aromatic heterocycles. The Bertz CT molecular complexity index is 3310. The fourth-order valence-electron chi connectivity index (χ4n) is 8.98. The topological polar surface area (TPSA) is 19.7 Å². The fraction of sp³-hybridized carbons (Fsp3) is 0.273. The summed E-state index contributed by atoms with van der Waals surface area (Å²) in [6.45, 7) is 32.0. The van der Waals surface area contributed by atoms with Gasteiger partial charge < -0.3 is 18.3 Å². The Kier molecular flexibility index (Phi) is 23.8. The number of hydrogen-bond donors (Lipinski definition) is 0. The average molecular weight is 933 g/mol. The van der Waals surface area contributed by atoms with Crippen molar-refractivity contribution < 1.29 is 0 Å². The second kappa shape index (κ2) is 29.1. The number of hydrogen-bond acceptors (Lipinski definition) is 0. The monoisotopic (exact) mass is 933 g/mol. The van der Waals surface area contributed by atoms with E-state index in [1.807, 2.05) is 111 Å². The third-order valence-corrected chi connectivity index (χ3v) is 11.5. The van der Waals surface area contributed by atoms with Crippen LogP contribution in [0.3, 0.4) is 0 Å². The predicted molar refractivity (Wildman–Crippen MR) is 320 cm³/mol. The summed E-state index contributed by atoms with van der Waals surface area (Å²) in [5.41, 5.74) is 12.5. The zero-order valence-corrected chi connectivity index (χ0v) is 46.1. The maximum atomic E-state index is 2.38. The minimum atomic E-state index is 1.20. The van der Waals surface area contributed by atoms with Crippen LogP contribution >= 0.6 is 0 Å². The van der Waals surface area contributed by atoms with Gasteiger partial charge >= 0.3 is 0 Å². The standard InChI is InChI=1S/2C25H18N2.8C2H6/c1-26-22-11-5-2-10-20(22)21-16-17(14-15-23(21)26)27-24-12-6-3-8-18(24)19-9-4-7-13-25(19)27;1-26-22-11-5-2-8-18(22)21-15-14-17(16-25(21)26)27-23-12-6-3-9-19(23)20-10-4-7-13-24(20)27;8*1-2/h2*2-16H,1H3;8*1-2H3. The predicted octanol–water partition coefficient (Wildman–Crippen LogP) is 21.1. The molecule has 4 nitrogen and oxygen atoms in total. The second-order valence-electron chi connectivity index (χ2n) is 14.3. The molecular weight excluding hydrogens is 849 g/mol.